The van der Waals surface area contributed by atoms with Gasteiger partial charge < -0.3 is 4.55 Å². The summed E-state index contributed by atoms with van der Waals surface area (Å²) >= 11 is -1.24. The molecular formula is C23H28N2O3S2. The highest BCUT2D eigenvalue weighted by Crippen LogP contribution is 2.40. The Morgan fingerprint density at radius 2 is 1.77 bits per heavy atom. The summed E-state index contributed by atoms with van der Waals surface area (Å²) in [5.41, 5.74) is 3.46. The van der Waals surface area contributed by atoms with Crippen molar-refractivity contribution >= 4 is 32.3 Å². The highest BCUT2D eigenvalue weighted by atomic mass is 32.2. The zero-order valence-electron chi connectivity index (χ0n) is 17.8. The van der Waals surface area contributed by atoms with E-state index in [9.17, 15) is 13.0 Å². The van der Waals surface area contributed by atoms with Crippen molar-refractivity contribution < 1.29 is 13.0 Å². The number of nitrogens with zero attached hydrogens (tertiary/aromatic N) is 1. The molecule has 1 aliphatic rings. The third kappa shape index (κ3) is 3.68. The Balaban J connectivity index is 1.91. The molecular weight excluding hydrogens is 416 g/mol. The topological polar surface area (TPSA) is 74.2 Å². The number of benzene rings is 2. The number of fused-ring (bicyclic) bond motifs is 3. The average molecular weight is 445 g/mol. The molecule has 1 N–H and O–H groups in total. The van der Waals surface area contributed by atoms with Crippen LogP contribution in [0.15, 0.2) is 53.4 Å². The Hall–Kier alpha value is -1.80. The third-order valence-corrected chi connectivity index (χ3v) is 8.97. The van der Waals surface area contributed by atoms with Crippen molar-refractivity contribution in [2.24, 2.45) is 0 Å². The Labute approximate surface area is 181 Å². The SMILES string of the molecule is Cc1ccc(S(=O)(=O)n2c3c(c4ccccc42)[C@H](N[S@+]([O-])C(C)(C)C)CCC3)cc1. The van der Waals surface area contributed by atoms with Gasteiger partial charge in [-0.2, -0.15) is 0 Å². The first kappa shape index (κ1) is 21.4. The van der Waals surface area contributed by atoms with Gasteiger partial charge in [-0.25, -0.2) is 12.4 Å². The second-order valence-electron chi connectivity index (χ2n) is 8.90. The summed E-state index contributed by atoms with van der Waals surface area (Å²) in [5, 5.41) is 0.909. The number of hydrogen-bond donors (Lipinski definition) is 1. The molecule has 1 aliphatic carbocycles. The van der Waals surface area contributed by atoms with Crippen molar-refractivity contribution in [2.45, 2.75) is 62.6 Å². The summed E-state index contributed by atoms with van der Waals surface area (Å²) < 4.78 is 44.5. The molecule has 5 nitrogen and oxygen atoms in total. The third-order valence-electron chi connectivity index (χ3n) is 5.59. The van der Waals surface area contributed by atoms with Gasteiger partial charge in [-0.05, 0) is 65.2 Å². The largest absolute Gasteiger partial charge is 0.598 e. The molecule has 2 aromatic carbocycles. The molecule has 0 unspecified atom stereocenters. The highest BCUT2D eigenvalue weighted by Gasteiger charge is 2.36. The van der Waals surface area contributed by atoms with E-state index in [1.165, 1.54) is 3.97 Å². The zero-order chi connectivity index (χ0) is 21.7. The minimum atomic E-state index is -3.75. The van der Waals surface area contributed by atoms with Gasteiger partial charge in [0.25, 0.3) is 10.0 Å². The average Bonchev–Trinajstić information content (AvgIpc) is 3.03. The first-order chi connectivity index (χ1) is 14.1. The maximum Gasteiger partial charge on any atom is 0.268 e. The summed E-state index contributed by atoms with van der Waals surface area (Å²) in [5.74, 6) is 0. The monoisotopic (exact) mass is 444 g/mol. The van der Waals surface area contributed by atoms with Crippen molar-refractivity contribution in [1.82, 2.24) is 8.69 Å². The van der Waals surface area contributed by atoms with E-state index in [-0.39, 0.29) is 10.9 Å². The van der Waals surface area contributed by atoms with Gasteiger partial charge in [0.05, 0.1) is 16.5 Å². The molecule has 160 valence electrons. The molecule has 0 spiro atoms. The molecule has 0 fully saturated rings. The van der Waals surface area contributed by atoms with Crippen LogP contribution in [0.3, 0.4) is 0 Å². The van der Waals surface area contributed by atoms with Gasteiger partial charge in [-0.3, -0.25) is 0 Å². The van der Waals surface area contributed by atoms with Crippen LogP contribution in [0.4, 0.5) is 0 Å². The second kappa shape index (κ2) is 7.71. The van der Waals surface area contributed by atoms with Gasteiger partial charge in [0.2, 0.25) is 0 Å². The van der Waals surface area contributed by atoms with E-state index in [0.29, 0.717) is 11.9 Å². The molecule has 0 aliphatic heterocycles. The summed E-state index contributed by atoms with van der Waals surface area (Å²) in [6, 6.07) is 14.4. The van der Waals surface area contributed by atoms with Crippen LogP contribution in [-0.4, -0.2) is 21.7 Å². The quantitative estimate of drug-likeness (QED) is 0.596. The van der Waals surface area contributed by atoms with Gasteiger partial charge in [0.15, 0.2) is 0 Å². The minimum absolute atomic E-state index is 0.145. The van der Waals surface area contributed by atoms with Crippen molar-refractivity contribution in [3.63, 3.8) is 0 Å². The van der Waals surface area contributed by atoms with Gasteiger partial charge >= 0.3 is 0 Å². The van der Waals surface area contributed by atoms with Crippen molar-refractivity contribution in [2.75, 3.05) is 0 Å². The van der Waals surface area contributed by atoms with Gasteiger partial charge in [-0.15, -0.1) is 4.72 Å². The molecule has 0 radical (unpaired) electrons. The number of hydrogen-bond acceptors (Lipinski definition) is 4. The standard InChI is InChI=1S/C23H28N2O3S2/c1-16-12-14-17(15-13-16)30(27,28)25-20-10-6-5-8-18(20)22-19(9-7-11-21(22)25)24-29(26)23(2,3)4/h5-6,8,10,12-15,19,24H,7,9,11H2,1-4H3/t19-,29-/m1/s1. The number of para-hydroxylation sites is 1. The maximum absolute atomic E-state index is 13.7. The molecule has 2 atom stereocenters. The molecule has 4 rings (SSSR count). The minimum Gasteiger partial charge on any atom is -0.598 e. The zero-order valence-corrected chi connectivity index (χ0v) is 19.4. The predicted octanol–water partition coefficient (Wildman–Crippen LogP) is 4.62. The van der Waals surface area contributed by atoms with Crippen LogP contribution in [0.5, 0.6) is 0 Å². The van der Waals surface area contributed by atoms with E-state index in [4.69, 9.17) is 0 Å². The molecule has 0 saturated heterocycles. The molecule has 7 heteroatoms. The maximum atomic E-state index is 13.7. The summed E-state index contributed by atoms with van der Waals surface area (Å²) in [4.78, 5) is 0.282. The van der Waals surface area contributed by atoms with Gasteiger partial charge in [0.1, 0.15) is 4.75 Å². The number of rotatable bonds is 4. The molecule has 1 heterocycles. The Kier molecular flexibility index (Phi) is 5.51. The molecule has 0 bridgehead atoms. The van der Waals surface area contributed by atoms with Gasteiger partial charge in [-0.1, -0.05) is 35.9 Å². The highest BCUT2D eigenvalue weighted by molar-refractivity contribution is 7.91. The van der Waals surface area contributed by atoms with E-state index in [1.807, 2.05) is 64.1 Å². The van der Waals surface area contributed by atoms with Crippen molar-refractivity contribution in [3.05, 3.63) is 65.4 Å². The fraction of sp³-hybridized carbons (Fsp3) is 0.391. The second-order valence-corrected chi connectivity index (χ2v) is 12.7. The van der Waals surface area contributed by atoms with Crippen LogP contribution in [0.2, 0.25) is 0 Å². The van der Waals surface area contributed by atoms with Crippen LogP contribution < -0.4 is 4.72 Å². The van der Waals surface area contributed by atoms with E-state index in [2.05, 4.69) is 4.72 Å². The summed E-state index contributed by atoms with van der Waals surface area (Å²) in [6.45, 7) is 7.75. The van der Waals surface area contributed by atoms with Crippen LogP contribution in [0.25, 0.3) is 10.9 Å². The molecule has 30 heavy (non-hydrogen) atoms. The fourth-order valence-electron chi connectivity index (χ4n) is 4.05. The van der Waals surface area contributed by atoms with E-state index in [1.54, 1.807) is 12.1 Å². The smallest absolute Gasteiger partial charge is 0.268 e. The lowest BCUT2D eigenvalue weighted by Gasteiger charge is -2.30. The summed E-state index contributed by atoms with van der Waals surface area (Å²) in [6.07, 6.45) is 2.34. The lowest BCUT2D eigenvalue weighted by Crippen LogP contribution is -2.42. The normalized spacial score (nSPS) is 18.4. The lowest BCUT2D eigenvalue weighted by molar-refractivity contribution is 0.488. The van der Waals surface area contributed by atoms with E-state index >= 15 is 0 Å². The number of nitrogens with one attached hydrogen (secondary N) is 1. The van der Waals surface area contributed by atoms with Crippen LogP contribution in [-0.2, 0) is 27.8 Å². The van der Waals surface area contributed by atoms with Crippen LogP contribution in [0, 0.1) is 6.92 Å². The first-order valence-corrected chi connectivity index (χ1v) is 12.8. The predicted molar refractivity (Wildman–Crippen MR) is 122 cm³/mol. The van der Waals surface area contributed by atoms with Gasteiger partial charge in [0, 0.05) is 28.0 Å². The molecule has 3 aromatic rings. The Morgan fingerprint density at radius 1 is 1.10 bits per heavy atom. The van der Waals surface area contributed by atoms with Crippen molar-refractivity contribution in [1.29, 1.82) is 0 Å². The van der Waals surface area contributed by atoms with E-state index < -0.39 is 26.1 Å². The Bertz CT molecular complexity index is 1180. The van der Waals surface area contributed by atoms with E-state index in [0.717, 1.165) is 35.0 Å². The number of aryl methyl sites for hydroxylation is 1. The van der Waals surface area contributed by atoms with Crippen molar-refractivity contribution in [3.8, 4) is 0 Å². The molecule has 0 amide bonds. The lowest BCUT2D eigenvalue weighted by atomic mass is 9.91. The number of aromatic nitrogens is 1. The Morgan fingerprint density at radius 3 is 2.43 bits per heavy atom. The summed E-state index contributed by atoms with van der Waals surface area (Å²) in [7, 11) is -3.75. The van der Waals surface area contributed by atoms with Crippen LogP contribution >= 0.6 is 0 Å². The molecule has 0 saturated carbocycles. The fourth-order valence-corrected chi connectivity index (χ4v) is 6.48. The molecule has 1 aromatic heterocycles. The van der Waals surface area contributed by atoms with Crippen LogP contribution in [0.1, 0.15) is 56.5 Å². The first-order valence-electron chi connectivity index (χ1n) is 10.2.